The number of benzene rings is 3. The molecule has 212 valence electrons. The molecule has 0 aromatic heterocycles. The number of alkyl carbamates (subject to hydrolysis) is 1. The van der Waals surface area contributed by atoms with Crippen molar-refractivity contribution in [3.63, 3.8) is 0 Å². The number of ether oxygens (including phenoxy) is 2. The lowest BCUT2D eigenvalue weighted by atomic mass is 9.76. The van der Waals surface area contributed by atoms with Crippen LogP contribution in [0.15, 0.2) is 72.2 Å². The van der Waals surface area contributed by atoms with Gasteiger partial charge >= 0.3 is 19.2 Å². The number of amides is 1. The van der Waals surface area contributed by atoms with Gasteiger partial charge < -0.3 is 29.2 Å². The predicted octanol–water partition coefficient (Wildman–Crippen LogP) is 5.95. The lowest BCUT2D eigenvalue weighted by Gasteiger charge is -2.32. The Balaban J connectivity index is 1.36. The lowest BCUT2D eigenvalue weighted by molar-refractivity contribution is 0.00578. The first-order valence-electron chi connectivity index (χ1n) is 13.6. The van der Waals surface area contributed by atoms with Gasteiger partial charge in [0, 0.05) is 12.5 Å². The van der Waals surface area contributed by atoms with Crippen LogP contribution in [0, 0.1) is 0 Å². The molecule has 1 aliphatic carbocycles. The molecule has 3 aromatic carbocycles. The number of rotatable bonds is 8. The molecule has 0 saturated carbocycles. The molecule has 2 N–H and O–H groups in total. The first kappa shape index (κ1) is 28.5. The minimum atomic E-state index is -1.13. The minimum absolute atomic E-state index is 0.00478. The van der Waals surface area contributed by atoms with Gasteiger partial charge in [-0.25, -0.2) is 9.59 Å². The summed E-state index contributed by atoms with van der Waals surface area (Å²) in [7, 11) is 0.602. The number of aromatic carboxylic acids is 1. The summed E-state index contributed by atoms with van der Waals surface area (Å²) in [4.78, 5) is 25.1. The molecule has 9 heteroatoms. The second-order valence-corrected chi connectivity index (χ2v) is 11.2. The summed E-state index contributed by atoms with van der Waals surface area (Å²) in [5.74, 6) is -0.975. The van der Waals surface area contributed by atoms with Gasteiger partial charge in [0.1, 0.15) is 17.9 Å². The Morgan fingerprint density at radius 1 is 0.927 bits per heavy atom. The molecule has 1 saturated heterocycles. The molecule has 1 fully saturated rings. The molecular formula is C32H34BNO7. The highest BCUT2D eigenvalue weighted by atomic mass is 16.7. The summed E-state index contributed by atoms with van der Waals surface area (Å²) >= 11 is 0. The third kappa shape index (κ3) is 5.47. The highest BCUT2D eigenvalue weighted by molar-refractivity contribution is 6.56. The zero-order valence-electron chi connectivity index (χ0n) is 23.9. The molecule has 0 spiro atoms. The Kier molecular flexibility index (Phi) is 7.68. The minimum Gasteiger partial charge on any atom is -0.496 e. The number of hydrogen-bond acceptors (Lipinski definition) is 6. The summed E-state index contributed by atoms with van der Waals surface area (Å²) in [6.07, 6.45) is 1.07. The number of hydrogen-bond donors (Lipinski definition) is 2. The number of carbonyl (C=O) groups excluding carboxylic acids is 1. The van der Waals surface area contributed by atoms with Gasteiger partial charge in [-0.2, -0.15) is 0 Å². The van der Waals surface area contributed by atoms with E-state index < -0.39 is 30.4 Å². The van der Waals surface area contributed by atoms with Crippen molar-refractivity contribution in [1.82, 2.24) is 5.32 Å². The normalized spacial score (nSPS) is 17.1. The fraction of sp³-hybridized carbons (Fsp3) is 0.312. The molecule has 1 amide bonds. The standard InChI is InChI=1S/C32H34BNO7/c1-31(2)32(3,4)41-33(40-31)21(17-20-11-10-16-27(38-5)28(20)29(35)36)18-34-30(37)39-19-26-24-14-8-6-12-22(24)23-13-7-9-15-25(23)26/h6-17,26H,18-19H2,1-5H3,(H,34,37)(H,35,36). The van der Waals surface area contributed by atoms with Gasteiger partial charge in [-0.3, -0.25) is 0 Å². The van der Waals surface area contributed by atoms with Gasteiger partial charge in [-0.05, 0) is 67.1 Å². The highest BCUT2D eigenvalue weighted by Crippen LogP contribution is 2.44. The molecule has 3 aromatic rings. The molecule has 0 bridgehead atoms. The van der Waals surface area contributed by atoms with Crippen molar-refractivity contribution in [3.05, 3.63) is 94.5 Å². The van der Waals surface area contributed by atoms with Crippen molar-refractivity contribution in [2.75, 3.05) is 20.3 Å². The Hall–Kier alpha value is -4.08. The van der Waals surface area contributed by atoms with Crippen LogP contribution in [0.25, 0.3) is 17.2 Å². The van der Waals surface area contributed by atoms with Crippen molar-refractivity contribution < 1.29 is 33.5 Å². The Morgan fingerprint density at radius 3 is 2.07 bits per heavy atom. The maximum atomic E-state index is 13.0. The predicted molar refractivity (Wildman–Crippen MR) is 157 cm³/mol. The van der Waals surface area contributed by atoms with Crippen LogP contribution in [0.4, 0.5) is 4.79 Å². The fourth-order valence-electron chi connectivity index (χ4n) is 5.29. The van der Waals surface area contributed by atoms with Crippen molar-refractivity contribution in [2.45, 2.75) is 44.8 Å². The van der Waals surface area contributed by atoms with E-state index in [0.29, 0.717) is 11.0 Å². The third-order valence-corrected chi connectivity index (χ3v) is 8.17. The van der Waals surface area contributed by atoms with Crippen LogP contribution in [0.5, 0.6) is 5.75 Å². The summed E-state index contributed by atoms with van der Waals surface area (Å²) in [6.45, 7) is 7.91. The summed E-state index contributed by atoms with van der Waals surface area (Å²) in [6, 6.07) is 21.3. The topological polar surface area (TPSA) is 103 Å². The van der Waals surface area contributed by atoms with Gasteiger partial charge in [0.05, 0.1) is 18.3 Å². The molecule has 1 aliphatic heterocycles. The van der Waals surface area contributed by atoms with Crippen molar-refractivity contribution in [1.29, 1.82) is 0 Å². The number of carboxylic acids is 1. The van der Waals surface area contributed by atoms with E-state index in [9.17, 15) is 14.7 Å². The van der Waals surface area contributed by atoms with E-state index in [2.05, 4.69) is 29.6 Å². The van der Waals surface area contributed by atoms with E-state index in [-0.39, 0.29) is 30.4 Å². The van der Waals surface area contributed by atoms with Crippen molar-refractivity contribution >= 4 is 25.3 Å². The number of fused-ring (bicyclic) bond motifs is 3. The quantitative estimate of drug-likeness (QED) is 0.331. The van der Waals surface area contributed by atoms with Crippen LogP contribution in [-0.2, 0) is 14.0 Å². The molecular weight excluding hydrogens is 521 g/mol. The Bertz CT molecular complexity index is 1450. The number of carbonyl (C=O) groups is 2. The zero-order chi connectivity index (χ0) is 29.4. The monoisotopic (exact) mass is 555 g/mol. The highest BCUT2D eigenvalue weighted by Gasteiger charge is 2.52. The fourth-order valence-corrected chi connectivity index (χ4v) is 5.29. The lowest BCUT2D eigenvalue weighted by Crippen LogP contribution is -2.41. The summed E-state index contributed by atoms with van der Waals surface area (Å²) in [5.41, 5.74) is 4.21. The van der Waals surface area contributed by atoms with Crippen LogP contribution in [-0.4, -0.2) is 55.8 Å². The van der Waals surface area contributed by atoms with E-state index in [1.165, 1.54) is 7.11 Å². The molecule has 0 radical (unpaired) electrons. The maximum absolute atomic E-state index is 13.0. The number of carboxylic acid groups (broad SMARTS) is 1. The van der Waals surface area contributed by atoms with Crippen LogP contribution in [0.3, 0.4) is 0 Å². The molecule has 0 unspecified atom stereocenters. The summed E-state index contributed by atoms with van der Waals surface area (Å²) in [5, 5.41) is 12.7. The average Bonchev–Trinajstić information content (AvgIpc) is 3.38. The zero-order valence-corrected chi connectivity index (χ0v) is 23.9. The Morgan fingerprint density at radius 2 is 1.51 bits per heavy atom. The second-order valence-electron chi connectivity index (χ2n) is 11.2. The van der Waals surface area contributed by atoms with Gasteiger partial charge in [0.25, 0.3) is 0 Å². The van der Waals surface area contributed by atoms with Crippen LogP contribution in [0.1, 0.15) is 60.7 Å². The molecule has 41 heavy (non-hydrogen) atoms. The van der Waals surface area contributed by atoms with Gasteiger partial charge in [-0.15, -0.1) is 0 Å². The molecule has 2 aliphatic rings. The summed E-state index contributed by atoms with van der Waals surface area (Å²) < 4.78 is 23.5. The third-order valence-electron chi connectivity index (χ3n) is 8.17. The van der Waals surface area contributed by atoms with Crippen LogP contribution in [0.2, 0.25) is 0 Å². The number of methoxy groups -OCH3 is 1. The maximum Gasteiger partial charge on any atom is 0.492 e. The SMILES string of the molecule is COc1cccc(C=C(CNC(=O)OCC2c3ccccc3-c3ccccc32)B2OC(C)(C)C(C)(C)O2)c1C(=O)O. The van der Waals surface area contributed by atoms with Crippen LogP contribution < -0.4 is 10.1 Å². The molecule has 8 nitrogen and oxygen atoms in total. The van der Waals surface area contributed by atoms with E-state index in [1.54, 1.807) is 24.3 Å². The first-order chi connectivity index (χ1) is 19.5. The first-order valence-corrected chi connectivity index (χ1v) is 13.6. The van der Waals surface area contributed by atoms with Crippen LogP contribution >= 0.6 is 0 Å². The van der Waals surface area contributed by atoms with Gasteiger partial charge in [0.15, 0.2) is 0 Å². The van der Waals surface area contributed by atoms with Crippen molar-refractivity contribution in [2.24, 2.45) is 0 Å². The smallest absolute Gasteiger partial charge is 0.492 e. The van der Waals surface area contributed by atoms with E-state index in [0.717, 1.165) is 22.3 Å². The van der Waals surface area contributed by atoms with E-state index in [1.807, 2.05) is 52.0 Å². The largest absolute Gasteiger partial charge is 0.496 e. The van der Waals surface area contributed by atoms with Crippen molar-refractivity contribution in [3.8, 4) is 16.9 Å². The molecule has 1 heterocycles. The van der Waals surface area contributed by atoms with E-state index in [4.69, 9.17) is 18.8 Å². The molecule has 5 rings (SSSR count). The number of nitrogens with one attached hydrogen (secondary N) is 1. The van der Waals surface area contributed by atoms with Gasteiger partial charge in [-0.1, -0.05) is 66.7 Å². The second kappa shape index (κ2) is 11.1. The van der Waals surface area contributed by atoms with E-state index >= 15 is 0 Å². The Labute approximate surface area is 240 Å². The average molecular weight is 555 g/mol. The van der Waals surface area contributed by atoms with Gasteiger partial charge in [0.2, 0.25) is 0 Å². The molecule has 0 atom stereocenters.